The zero-order valence-corrected chi connectivity index (χ0v) is 14.4. The highest BCUT2D eigenvalue weighted by molar-refractivity contribution is 5.48. The smallest absolute Gasteiger partial charge is 0.134 e. The van der Waals surface area contributed by atoms with E-state index in [1.54, 1.807) is 0 Å². The minimum Gasteiger partial charge on any atom is -0.392 e. The molecule has 6 nitrogen and oxygen atoms in total. The summed E-state index contributed by atoms with van der Waals surface area (Å²) in [6, 6.07) is 0. The first-order chi connectivity index (χ1) is 11.8. The molecule has 1 aliphatic carbocycles. The van der Waals surface area contributed by atoms with Gasteiger partial charge in [-0.05, 0) is 45.2 Å². The number of nitrogens with zero attached hydrogens (tertiary/aromatic N) is 3. The maximum absolute atomic E-state index is 9.80. The largest absolute Gasteiger partial charge is 0.392 e. The Hall–Kier alpha value is -1.24. The first-order valence-electron chi connectivity index (χ1n) is 9.54. The highest BCUT2D eigenvalue weighted by Gasteiger charge is 2.29. The average Bonchev–Trinajstić information content (AvgIpc) is 3.41. The third-order valence-corrected chi connectivity index (χ3v) is 5.34. The Balaban J connectivity index is 1.44. The second kappa shape index (κ2) is 7.33. The van der Waals surface area contributed by atoms with Crippen LogP contribution < -0.4 is 10.6 Å². The number of anilines is 1. The van der Waals surface area contributed by atoms with Crippen molar-refractivity contribution in [3.05, 3.63) is 17.1 Å². The molecule has 1 atom stereocenters. The van der Waals surface area contributed by atoms with Gasteiger partial charge in [0.15, 0.2) is 0 Å². The molecule has 0 amide bonds. The van der Waals surface area contributed by atoms with Gasteiger partial charge >= 0.3 is 0 Å². The second-order valence-electron chi connectivity index (χ2n) is 7.40. The molecule has 1 saturated carbocycles. The average molecular weight is 331 g/mol. The molecule has 3 heterocycles. The molecule has 24 heavy (non-hydrogen) atoms. The predicted octanol–water partition coefficient (Wildman–Crippen LogP) is 0.911. The fourth-order valence-electron chi connectivity index (χ4n) is 3.80. The number of piperidine rings is 1. The molecule has 132 valence electrons. The maximum Gasteiger partial charge on any atom is 0.134 e. The lowest BCUT2D eigenvalue weighted by molar-refractivity contribution is 0.0730. The van der Waals surface area contributed by atoms with Crippen LogP contribution in [0.4, 0.5) is 5.82 Å². The van der Waals surface area contributed by atoms with Crippen molar-refractivity contribution in [1.82, 2.24) is 20.2 Å². The summed E-state index contributed by atoms with van der Waals surface area (Å²) in [7, 11) is 0. The molecular weight excluding hydrogens is 302 g/mol. The lowest BCUT2D eigenvalue weighted by atomic mass is 10.1. The van der Waals surface area contributed by atoms with E-state index in [1.165, 1.54) is 24.1 Å². The summed E-state index contributed by atoms with van der Waals surface area (Å²) in [4.78, 5) is 12.1. The van der Waals surface area contributed by atoms with Crippen LogP contribution in [-0.4, -0.2) is 65.3 Å². The van der Waals surface area contributed by atoms with Crippen molar-refractivity contribution >= 4 is 5.82 Å². The third-order valence-electron chi connectivity index (χ3n) is 5.34. The quantitative estimate of drug-likeness (QED) is 0.745. The monoisotopic (exact) mass is 331 g/mol. The Morgan fingerprint density at radius 2 is 2.04 bits per heavy atom. The number of likely N-dealkylation sites (tertiary alicyclic amines) is 1. The molecule has 0 bridgehead atoms. The zero-order chi connectivity index (χ0) is 16.4. The Bertz CT molecular complexity index is 575. The summed E-state index contributed by atoms with van der Waals surface area (Å²) in [6.45, 7) is 5.77. The van der Waals surface area contributed by atoms with E-state index >= 15 is 0 Å². The summed E-state index contributed by atoms with van der Waals surface area (Å²) in [5.41, 5.74) is 2.55. The van der Waals surface area contributed by atoms with E-state index in [-0.39, 0.29) is 6.10 Å². The van der Waals surface area contributed by atoms with Crippen LogP contribution in [0.15, 0.2) is 0 Å². The van der Waals surface area contributed by atoms with Crippen LogP contribution in [0.25, 0.3) is 0 Å². The molecule has 1 saturated heterocycles. The number of aliphatic hydroxyl groups excluding tert-OH is 1. The normalized spacial score (nSPS) is 25.1. The number of rotatable bonds is 5. The number of hydrogen-bond donors (Lipinski definition) is 3. The van der Waals surface area contributed by atoms with Crippen LogP contribution in [0.1, 0.15) is 48.7 Å². The zero-order valence-electron chi connectivity index (χ0n) is 14.4. The van der Waals surface area contributed by atoms with Crippen molar-refractivity contribution in [2.75, 3.05) is 44.6 Å². The number of hydrogen-bond acceptors (Lipinski definition) is 6. The molecule has 2 aliphatic heterocycles. The van der Waals surface area contributed by atoms with E-state index in [1.807, 2.05) is 0 Å². The van der Waals surface area contributed by atoms with Crippen LogP contribution in [0.5, 0.6) is 0 Å². The van der Waals surface area contributed by atoms with E-state index in [2.05, 4.69) is 15.5 Å². The number of aliphatic hydroxyl groups is 1. The van der Waals surface area contributed by atoms with Crippen LogP contribution >= 0.6 is 0 Å². The van der Waals surface area contributed by atoms with Crippen molar-refractivity contribution in [3.8, 4) is 0 Å². The number of nitrogens with one attached hydrogen (secondary N) is 2. The molecule has 3 N–H and O–H groups in total. The van der Waals surface area contributed by atoms with Gasteiger partial charge in [-0.2, -0.15) is 0 Å². The van der Waals surface area contributed by atoms with E-state index in [9.17, 15) is 5.11 Å². The van der Waals surface area contributed by atoms with Crippen molar-refractivity contribution in [1.29, 1.82) is 0 Å². The van der Waals surface area contributed by atoms with Crippen molar-refractivity contribution in [2.45, 2.75) is 50.5 Å². The summed E-state index contributed by atoms with van der Waals surface area (Å²) in [5, 5.41) is 16.9. The molecule has 0 aromatic carbocycles. The van der Waals surface area contributed by atoms with E-state index in [0.717, 1.165) is 76.6 Å². The van der Waals surface area contributed by atoms with Gasteiger partial charge in [-0.1, -0.05) is 0 Å². The van der Waals surface area contributed by atoms with Gasteiger partial charge in [0.25, 0.3) is 0 Å². The molecule has 0 unspecified atom stereocenters. The molecule has 0 spiro atoms. The minimum absolute atomic E-state index is 0.151. The Kier molecular flexibility index (Phi) is 4.96. The Morgan fingerprint density at radius 3 is 2.88 bits per heavy atom. The first-order valence-corrected chi connectivity index (χ1v) is 9.54. The van der Waals surface area contributed by atoms with Crippen LogP contribution in [0.3, 0.4) is 0 Å². The molecule has 6 heteroatoms. The summed E-state index contributed by atoms with van der Waals surface area (Å²) in [6.07, 6.45) is 6.38. The molecule has 3 aliphatic rings. The Labute approximate surface area is 144 Å². The molecule has 1 aromatic rings. The standard InChI is InChI=1S/C18H29N5O/c24-14-2-1-10-23(12-14)11-9-20-18-15-5-7-19-8-6-16(15)21-17(22-18)13-3-4-13/h13-14,19,24H,1-12H2,(H,20,21,22)/t14-/m0/s1. The van der Waals surface area contributed by atoms with Crippen molar-refractivity contribution in [2.24, 2.45) is 0 Å². The minimum atomic E-state index is -0.151. The fourth-order valence-corrected chi connectivity index (χ4v) is 3.80. The fraction of sp³-hybridized carbons (Fsp3) is 0.778. The highest BCUT2D eigenvalue weighted by Crippen LogP contribution is 2.39. The van der Waals surface area contributed by atoms with Crippen LogP contribution in [-0.2, 0) is 12.8 Å². The molecule has 0 radical (unpaired) electrons. The van der Waals surface area contributed by atoms with E-state index in [4.69, 9.17) is 9.97 Å². The topological polar surface area (TPSA) is 73.3 Å². The lowest BCUT2D eigenvalue weighted by Crippen LogP contribution is -2.40. The van der Waals surface area contributed by atoms with Gasteiger partial charge in [0.05, 0.1) is 11.8 Å². The van der Waals surface area contributed by atoms with Crippen molar-refractivity contribution in [3.63, 3.8) is 0 Å². The van der Waals surface area contributed by atoms with Gasteiger partial charge in [-0.25, -0.2) is 9.97 Å². The van der Waals surface area contributed by atoms with Gasteiger partial charge in [-0.15, -0.1) is 0 Å². The molecule has 4 rings (SSSR count). The number of aromatic nitrogens is 2. The second-order valence-corrected chi connectivity index (χ2v) is 7.40. The number of fused-ring (bicyclic) bond motifs is 1. The highest BCUT2D eigenvalue weighted by atomic mass is 16.3. The van der Waals surface area contributed by atoms with Gasteiger partial charge in [0.1, 0.15) is 11.6 Å². The third kappa shape index (κ3) is 3.87. The number of β-amino-alcohol motifs (C(OH)–C–C–N with tert-alkyl or cyclic N) is 1. The SMILES string of the molecule is O[C@H]1CCCN(CCNc2nc(C3CC3)nc3c2CCNCC3)C1. The van der Waals surface area contributed by atoms with Crippen LogP contribution in [0, 0.1) is 0 Å². The summed E-state index contributed by atoms with van der Waals surface area (Å²) >= 11 is 0. The van der Waals surface area contributed by atoms with Gasteiger partial charge in [0.2, 0.25) is 0 Å². The van der Waals surface area contributed by atoms with Gasteiger partial charge < -0.3 is 15.7 Å². The van der Waals surface area contributed by atoms with Gasteiger partial charge in [0, 0.05) is 44.1 Å². The maximum atomic E-state index is 9.80. The van der Waals surface area contributed by atoms with E-state index < -0.39 is 0 Å². The van der Waals surface area contributed by atoms with Crippen molar-refractivity contribution < 1.29 is 5.11 Å². The lowest BCUT2D eigenvalue weighted by Gasteiger charge is -2.30. The Morgan fingerprint density at radius 1 is 1.17 bits per heavy atom. The van der Waals surface area contributed by atoms with Crippen LogP contribution in [0.2, 0.25) is 0 Å². The first kappa shape index (κ1) is 16.2. The van der Waals surface area contributed by atoms with E-state index in [0.29, 0.717) is 5.92 Å². The molecule has 1 aromatic heterocycles. The van der Waals surface area contributed by atoms with Gasteiger partial charge in [-0.3, -0.25) is 4.90 Å². The molecule has 2 fully saturated rings. The summed E-state index contributed by atoms with van der Waals surface area (Å²) in [5.74, 6) is 2.69. The summed E-state index contributed by atoms with van der Waals surface area (Å²) < 4.78 is 0. The predicted molar refractivity (Wildman–Crippen MR) is 94.5 cm³/mol. The molecular formula is C18H29N5O.